The van der Waals surface area contributed by atoms with Crippen molar-refractivity contribution >= 4 is 46.6 Å². The number of halogens is 1. The molecule has 3 aromatic rings. The summed E-state index contributed by atoms with van der Waals surface area (Å²) in [6.45, 7) is 0. The average molecular weight is 346 g/mol. The molecule has 0 aliphatic rings. The quantitative estimate of drug-likeness (QED) is 0.434. The van der Waals surface area contributed by atoms with Crippen LogP contribution in [0.15, 0.2) is 63.3 Å². The van der Waals surface area contributed by atoms with Crippen LogP contribution in [-0.4, -0.2) is 22.9 Å². The number of thioether (sulfide) groups is 1. The maximum Gasteiger partial charge on any atom is 0.257 e. The summed E-state index contributed by atoms with van der Waals surface area (Å²) in [5.41, 5.74) is 4.74. The van der Waals surface area contributed by atoms with Crippen molar-refractivity contribution in [3.05, 3.63) is 59.1 Å². The molecule has 5 nitrogen and oxygen atoms in total. The molecule has 0 fully saturated rings. The number of hydrogen-bond donors (Lipinski definition) is 1. The number of carbonyl (C=O) groups is 1. The number of rotatable bonds is 5. The van der Waals surface area contributed by atoms with Gasteiger partial charge in [-0.05, 0) is 29.8 Å². The molecule has 7 heteroatoms. The number of amides is 1. The third-order valence-electron chi connectivity index (χ3n) is 2.85. The zero-order chi connectivity index (χ0) is 16.1. The first-order valence-corrected chi connectivity index (χ1v) is 8.13. The second-order valence-electron chi connectivity index (χ2n) is 4.58. The van der Waals surface area contributed by atoms with Gasteiger partial charge in [0, 0.05) is 5.02 Å². The molecule has 0 unspecified atom stereocenters. The van der Waals surface area contributed by atoms with Crippen LogP contribution in [0, 0.1) is 0 Å². The van der Waals surface area contributed by atoms with Crippen molar-refractivity contribution in [1.82, 2.24) is 10.4 Å². The van der Waals surface area contributed by atoms with Crippen LogP contribution < -0.4 is 5.43 Å². The van der Waals surface area contributed by atoms with Crippen LogP contribution in [0.4, 0.5) is 0 Å². The second-order valence-corrected chi connectivity index (χ2v) is 5.95. The lowest BCUT2D eigenvalue weighted by Gasteiger charge is -1.97. The Bertz CT molecular complexity index is 830. The monoisotopic (exact) mass is 345 g/mol. The van der Waals surface area contributed by atoms with Crippen molar-refractivity contribution in [3.63, 3.8) is 0 Å². The Hall–Kier alpha value is -2.31. The lowest BCUT2D eigenvalue weighted by Crippen LogP contribution is -2.19. The van der Waals surface area contributed by atoms with E-state index in [1.54, 1.807) is 12.1 Å². The van der Waals surface area contributed by atoms with Gasteiger partial charge in [0.15, 0.2) is 5.58 Å². The van der Waals surface area contributed by atoms with Crippen LogP contribution in [0.25, 0.3) is 11.1 Å². The lowest BCUT2D eigenvalue weighted by molar-refractivity contribution is -0.118. The number of nitrogens with zero attached hydrogens (tertiary/aromatic N) is 2. The van der Waals surface area contributed by atoms with E-state index in [1.165, 1.54) is 18.0 Å². The highest BCUT2D eigenvalue weighted by Gasteiger charge is 2.08. The third kappa shape index (κ3) is 4.34. The molecule has 3 rings (SSSR count). The summed E-state index contributed by atoms with van der Waals surface area (Å²) in [5, 5.41) is 4.97. The van der Waals surface area contributed by atoms with Gasteiger partial charge < -0.3 is 4.42 Å². The highest BCUT2D eigenvalue weighted by molar-refractivity contribution is 7.99. The molecule has 116 valence electrons. The molecule has 1 heterocycles. The number of carbonyl (C=O) groups excluding carboxylic acids is 1. The SMILES string of the molecule is O=C(CSc1nc2ccccc2o1)NN=Cc1cccc(Cl)c1. The van der Waals surface area contributed by atoms with Gasteiger partial charge in [-0.25, -0.2) is 10.4 Å². The number of aromatic nitrogens is 1. The molecule has 0 spiro atoms. The molecule has 0 atom stereocenters. The Kier molecular flexibility index (Phi) is 4.95. The van der Waals surface area contributed by atoms with Crippen molar-refractivity contribution < 1.29 is 9.21 Å². The number of hydrogen-bond acceptors (Lipinski definition) is 5. The third-order valence-corrected chi connectivity index (χ3v) is 3.92. The first-order valence-electron chi connectivity index (χ1n) is 6.76. The van der Waals surface area contributed by atoms with Crippen LogP contribution >= 0.6 is 23.4 Å². The summed E-state index contributed by atoms with van der Waals surface area (Å²) in [5.74, 6) is -0.0739. The topological polar surface area (TPSA) is 67.5 Å². The van der Waals surface area contributed by atoms with E-state index in [-0.39, 0.29) is 11.7 Å². The Balaban J connectivity index is 1.51. The highest BCUT2D eigenvalue weighted by Crippen LogP contribution is 2.22. The molecule has 0 saturated carbocycles. The van der Waals surface area contributed by atoms with E-state index in [0.717, 1.165) is 11.1 Å². The van der Waals surface area contributed by atoms with Crippen molar-refractivity contribution in [2.75, 3.05) is 5.75 Å². The summed E-state index contributed by atoms with van der Waals surface area (Å²) in [6.07, 6.45) is 1.54. The molecule has 1 N–H and O–H groups in total. The van der Waals surface area contributed by atoms with E-state index in [2.05, 4.69) is 15.5 Å². The predicted molar refractivity (Wildman–Crippen MR) is 91.9 cm³/mol. The van der Waals surface area contributed by atoms with E-state index in [4.69, 9.17) is 16.0 Å². The Morgan fingerprint density at radius 2 is 2.17 bits per heavy atom. The standard InChI is InChI=1S/C16H12ClN3O2S/c17-12-5-3-4-11(8-12)9-18-20-15(21)10-23-16-19-13-6-1-2-7-14(13)22-16/h1-9H,10H2,(H,20,21). The van der Waals surface area contributed by atoms with E-state index in [0.29, 0.717) is 15.8 Å². The van der Waals surface area contributed by atoms with Crippen LogP contribution in [0.1, 0.15) is 5.56 Å². The van der Waals surface area contributed by atoms with Crippen molar-refractivity contribution in [2.24, 2.45) is 5.10 Å². The van der Waals surface area contributed by atoms with Gasteiger partial charge in [0.25, 0.3) is 11.1 Å². The predicted octanol–water partition coefficient (Wildman–Crippen LogP) is 3.72. The fourth-order valence-corrected chi connectivity index (χ4v) is 2.67. The molecular weight excluding hydrogens is 334 g/mol. The Morgan fingerprint density at radius 1 is 1.30 bits per heavy atom. The Morgan fingerprint density at radius 3 is 3.00 bits per heavy atom. The van der Waals surface area contributed by atoms with Gasteiger partial charge in [-0.1, -0.05) is 47.6 Å². The van der Waals surface area contributed by atoms with Crippen LogP contribution in [-0.2, 0) is 4.79 Å². The maximum atomic E-state index is 11.7. The second kappa shape index (κ2) is 7.30. The fraction of sp³-hybridized carbons (Fsp3) is 0.0625. The summed E-state index contributed by atoms with van der Waals surface area (Å²) < 4.78 is 5.52. The molecule has 1 aromatic heterocycles. The van der Waals surface area contributed by atoms with E-state index < -0.39 is 0 Å². The van der Waals surface area contributed by atoms with Crippen LogP contribution in [0.3, 0.4) is 0 Å². The number of oxazole rings is 1. The summed E-state index contributed by atoms with van der Waals surface area (Å²) in [6, 6.07) is 14.6. The molecule has 1 amide bonds. The maximum absolute atomic E-state index is 11.7. The normalized spacial score (nSPS) is 11.2. The van der Waals surface area contributed by atoms with Crippen molar-refractivity contribution in [1.29, 1.82) is 0 Å². The minimum absolute atomic E-state index is 0.166. The van der Waals surface area contributed by atoms with E-state index in [1.807, 2.05) is 36.4 Å². The number of fused-ring (bicyclic) bond motifs is 1. The van der Waals surface area contributed by atoms with Gasteiger partial charge in [-0.2, -0.15) is 5.10 Å². The number of para-hydroxylation sites is 2. The zero-order valence-corrected chi connectivity index (χ0v) is 13.5. The highest BCUT2D eigenvalue weighted by atomic mass is 35.5. The molecule has 0 saturated heterocycles. The molecule has 0 radical (unpaired) electrons. The first-order chi connectivity index (χ1) is 11.2. The minimum atomic E-state index is -0.240. The molecule has 23 heavy (non-hydrogen) atoms. The number of hydrazone groups is 1. The van der Waals surface area contributed by atoms with E-state index >= 15 is 0 Å². The van der Waals surface area contributed by atoms with Crippen LogP contribution in [0.2, 0.25) is 5.02 Å². The Labute approximate surface area is 141 Å². The molecule has 0 bridgehead atoms. The molecule has 0 aliphatic heterocycles. The number of benzene rings is 2. The van der Waals surface area contributed by atoms with Crippen molar-refractivity contribution in [2.45, 2.75) is 5.22 Å². The molecular formula is C16H12ClN3O2S. The minimum Gasteiger partial charge on any atom is -0.431 e. The zero-order valence-electron chi connectivity index (χ0n) is 11.9. The summed E-state index contributed by atoms with van der Waals surface area (Å²) in [4.78, 5) is 16.0. The molecule has 2 aromatic carbocycles. The van der Waals surface area contributed by atoms with Gasteiger partial charge in [0.05, 0.1) is 12.0 Å². The fourth-order valence-electron chi connectivity index (χ4n) is 1.84. The van der Waals surface area contributed by atoms with Gasteiger partial charge in [0.2, 0.25) is 0 Å². The van der Waals surface area contributed by atoms with Gasteiger partial charge in [-0.15, -0.1) is 0 Å². The summed E-state index contributed by atoms with van der Waals surface area (Å²) >= 11 is 7.09. The van der Waals surface area contributed by atoms with Gasteiger partial charge in [-0.3, -0.25) is 4.79 Å². The van der Waals surface area contributed by atoms with Crippen LogP contribution in [0.5, 0.6) is 0 Å². The lowest BCUT2D eigenvalue weighted by atomic mass is 10.2. The van der Waals surface area contributed by atoms with Crippen molar-refractivity contribution in [3.8, 4) is 0 Å². The first kappa shape index (κ1) is 15.6. The van der Waals surface area contributed by atoms with E-state index in [9.17, 15) is 4.79 Å². The summed E-state index contributed by atoms with van der Waals surface area (Å²) in [7, 11) is 0. The average Bonchev–Trinajstić information content (AvgIpc) is 2.96. The largest absolute Gasteiger partial charge is 0.431 e. The van der Waals surface area contributed by atoms with Gasteiger partial charge >= 0.3 is 0 Å². The number of nitrogens with one attached hydrogen (secondary N) is 1. The van der Waals surface area contributed by atoms with Gasteiger partial charge in [0.1, 0.15) is 5.52 Å². The smallest absolute Gasteiger partial charge is 0.257 e. The molecule has 0 aliphatic carbocycles.